The minimum atomic E-state index is -3.65. The van der Waals surface area contributed by atoms with E-state index in [2.05, 4.69) is 24.1 Å². The smallest absolute Gasteiger partial charge is 0.338 e. The highest BCUT2D eigenvalue weighted by Gasteiger charge is 2.20. The van der Waals surface area contributed by atoms with E-state index in [1.165, 1.54) is 20.2 Å². The molecular formula is C22H29N3O5S. The molecule has 0 bridgehead atoms. The highest BCUT2D eigenvalue weighted by Crippen LogP contribution is 2.22. The number of ether oxygens (including phenoxy) is 1. The average Bonchev–Trinajstić information content (AvgIpc) is 2.74. The first-order valence-electron chi connectivity index (χ1n) is 9.95. The molecule has 0 fully saturated rings. The molecule has 0 spiro atoms. The molecule has 8 nitrogen and oxygen atoms in total. The van der Waals surface area contributed by atoms with Crippen molar-refractivity contribution in [1.82, 2.24) is 4.31 Å². The number of hydrogen-bond acceptors (Lipinski definition) is 6. The minimum absolute atomic E-state index is 0.0978. The van der Waals surface area contributed by atoms with E-state index >= 15 is 0 Å². The van der Waals surface area contributed by atoms with Gasteiger partial charge in [0.15, 0.2) is 6.61 Å². The van der Waals surface area contributed by atoms with E-state index in [9.17, 15) is 18.0 Å². The fraction of sp³-hybridized carbons (Fsp3) is 0.364. The number of anilines is 2. The standard InChI is InChI=1S/C22H29N3O5S/c1-6-25(7-2)19-12-9-17(10-13-19)22(27)30-15-21(26)23-18-11-8-16(3)20(14-18)31(28,29)24(4)5/h8-14H,6-7,15H2,1-5H3,(H,23,26). The maximum Gasteiger partial charge on any atom is 0.338 e. The van der Waals surface area contributed by atoms with Crippen LogP contribution in [0.1, 0.15) is 29.8 Å². The van der Waals surface area contributed by atoms with Crippen LogP contribution in [-0.4, -0.2) is 58.4 Å². The lowest BCUT2D eigenvalue weighted by molar-refractivity contribution is -0.119. The fourth-order valence-electron chi connectivity index (χ4n) is 2.96. The Bertz CT molecular complexity index is 1030. The summed E-state index contributed by atoms with van der Waals surface area (Å²) in [6, 6.07) is 11.6. The van der Waals surface area contributed by atoms with Gasteiger partial charge in [0.1, 0.15) is 0 Å². The monoisotopic (exact) mass is 447 g/mol. The van der Waals surface area contributed by atoms with Crippen molar-refractivity contribution in [2.24, 2.45) is 0 Å². The second-order valence-electron chi connectivity index (χ2n) is 7.11. The van der Waals surface area contributed by atoms with E-state index < -0.39 is 28.5 Å². The molecule has 0 saturated carbocycles. The molecule has 0 atom stereocenters. The quantitative estimate of drug-likeness (QED) is 0.594. The molecule has 2 aromatic carbocycles. The number of carbonyl (C=O) groups excluding carboxylic acids is 2. The molecule has 0 aliphatic rings. The van der Waals surface area contributed by atoms with Crippen molar-refractivity contribution in [3.05, 3.63) is 53.6 Å². The van der Waals surface area contributed by atoms with Gasteiger partial charge in [-0.3, -0.25) is 4.79 Å². The number of esters is 1. The topological polar surface area (TPSA) is 96.0 Å². The van der Waals surface area contributed by atoms with Crippen molar-refractivity contribution in [3.63, 3.8) is 0 Å². The van der Waals surface area contributed by atoms with E-state index in [1.807, 2.05) is 12.1 Å². The Hall–Kier alpha value is -2.91. The van der Waals surface area contributed by atoms with Crippen LogP contribution in [0.15, 0.2) is 47.4 Å². The first kappa shape index (κ1) is 24.4. The van der Waals surface area contributed by atoms with Crippen LogP contribution in [0.4, 0.5) is 11.4 Å². The summed E-state index contributed by atoms with van der Waals surface area (Å²) in [6.45, 7) is 7.01. The summed E-state index contributed by atoms with van der Waals surface area (Å²) in [5.41, 5.74) is 2.21. The fourth-order valence-corrected chi connectivity index (χ4v) is 4.11. The second-order valence-corrected chi connectivity index (χ2v) is 9.23. The number of hydrogen-bond donors (Lipinski definition) is 1. The minimum Gasteiger partial charge on any atom is -0.452 e. The summed E-state index contributed by atoms with van der Waals surface area (Å²) >= 11 is 0. The van der Waals surface area contributed by atoms with Gasteiger partial charge in [-0.25, -0.2) is 17.5 Å². The molecule has 1 N–H and O–H groups in total. The summed E-state index contributed by atoms with van der Waals surface area (Å²) in [5.74, 6) is -1.17. The lowest BCUT2D eigenvalue weighted by Gasteiger charge is -2.20. The molecule has 0 radical (unpaired) electrons. The third-order valence-electron chi connectivity index (χ3n) is 4.80. The molecule has 2 rings (SSSR count). The lowest BCUT2D eigenvalue weighted by atomic mass is 10.2. The SMILES string of the molecule is CCN(CC)c1ccc(C(=O)OCC(=O)Nc2ccc(C)c(S(=O)(=O)N(C)C)c2)cc1. The van der Waals surface area contributed by atoms with Crippen LogP contribution in [0, 0.1) is 6.92 Å². The van der Waals surface area contributed by atoms with Gasteiger partial charge >= 0.3 is 5.97 Å². The Morgan fingerprint density at radius 3 is 2.16 bits per heavy atom. The third kappa shape index (κ3) is 6.05. The molecule has 0 aromatic heterocycles. The highest BCUT2D eigenvalue weighted by atomic mass is 32.2. The normalized spacial score (nSPS) is 11.3. The van der Waals surface area contributed by atoms with Gasteiger partial charge in [-0.1, -0.05) is 6.07 Å². The van der Waals surface area contributed by atoms with Crippen LogP contribution in [0.5, 0.6) is 0 Å². The van der Waals surface area contributed by atoms with Crippen LogP contribution in [0.3, 0.4) is 0 Å². The Labute approximate surface area is 183 Å². The number of benzene rings is 2. The van der Waals surface area contributed by atoms with Gasteiger partial charge in [-0.05, 0) is 62.7 Å². The Morgan fingerprint density at radius 1 is 1.00 bits per heavy atom. The molecule has 0 aliphatic heterocycles. The van der Waals surface area contributed by atoms with Gasteiger partial charge in [0, 0.05) is 38.6 Å². The molecule has 0 saturated heterocycles. The predicted octanol–water partition coefficient (Wildman–Crippen LogP) is 2.89. The first-order chi connectivity index (χ1) is 14.6. The highest BCUT2D eigenvalue weighted by molar-refractivity contribution is 7.89. The van der Waals surface area contributed by atoms with Crippen molar-refractivity contribution < 1.29 is 22.7 Å². The average molecular weight is 448 g/mol. The Morgan fingerprint density at radius 2 is 1.61 bits per heavy atom. The van der Waals surface area contributed by atoms with Crippen molar-refractivity contribution >= 4 is 33.3 Å². The summed E-state index contributed by atoms with van der Waals surface area (Å²) in [6.07, 6.45) is 0. The molecule has 2 aromatic rings. The predicted molar refractivity (Wildman–Crippen MR) is 121 cm³/mol. The molecule has 0 unspecified atom stereocenters. The number of nitrogens with zero attached hydrogens (tertiary/aromatic N) is 2. The van der Waals surface area contributed by atoms with Gasteiger partial charge < -0.3 is 15.0 Å². The molecule has 0 heterocycles. The number of rotatable bonds is 9. The van der Waals surface area contributed by atoms with E-state index in [0.29, 0.717) is 16.8 Å². The number of nitrogens with one attached hydrogen (secondary N) is 1. The number of carbonyl (C=O) groups is 2. The number of sulfonamides is 1. The lowest BCUT2D eigenvalue weighted by Crippen LogP contribution is -2.24. The Balaban J connectivity index is 2.00. The van der Waals surface area contributed by atoms with Gasteiger partial charge in [0.2, 0.25) is 10.0 Å². The summed E-state index contributed by atoms with van der Waals surface area (Å²) in [7, 11) is -0.771. The largest absolute Gasteiger partial charge is 0.452 e. The van der Waals surface area contributed by atoms with E-state index in [0.717, 1.165) is 23.1 Å². The van der Waals surface area contributed by atoms with Crippen LogP contribution in [-0.2, 0) is 19.6 Å². The third-order valence-corrected chi connectivity index (χ3v) is 6.75. The molecular weight excluding hydrogens is 418 g/mol. The second kappa shape index (κ2) is 10.4. The van der Waals surface area contributed by atoms with Crippen LogP contribution in [0.2, 0.25) is 0 Å². The van der Waals surface area contributed by atoms with Gasteiger partial charge in [-0.2, -0.15) is 0 Å². The number of aryl methyl sites for hydroxylation is 1. The zero-order valence-corrected chi connectivity index (χ0v) is 19.3. The maximum atomic E-state index is 12.4. The molecule has 31 heavy (non-hydrogen) atoms. The van der Waals surface area contributed by atoms with Crippen molar-refractivity contribution in [3.8, 4) is 0 Å². The van der Waals surface area contributed by atoms with Gasteiger partial charge in [-0.15, -0.1) is 0 Å². The summed E-state index contributed by atoms with van der Waals surface area (Å²) in [4.78, 5) is 26.7. The maximum absolute atomic E-state index is 12.4. The summed E-state index contributed by atoms with van der Waals surface area (Å²) < 4.78 is 31.0. The number of amides is 1. The van der Waals surface area contributed by atoms with Gasteiger partial charge in [0.05, 0.1) is 10.5 Å². The first-order valence-corrected chi connectivity index (χ1v) is 11.4. The van der Waals surface area contributed by atoms with Crippen LogP contribution in [0.25, 0.3) is 0 Å². The van der Waals surface area contributed by atoms with Crippen LogP contribution < -0.4 is 10.2 Å². The van der Waals surface area contributed by atoms with E-state index in [1.54, 1.807) is 31.2 Å². The van der Waals surface area contributed by atoms with Gasteiger partial charge in [0.25, 0.3) is 5.91 Å². The zero-order chi connectivity index (χ0) is 23.2. The van der Waals surface area contributed by atoms with Crippen LogP contribution >= 0.6 is 0 Å². The molecule has 168 valence electrons. The van der Waals surface area contributed by atoms with Crippen molar-refractivity contribution in [2.45, 2.75) is 25.7 Å². The summed E-state index contributed by atoms with van der Waals surface area (Å²) in [5, 5.41) is 2.56. The Kier molecular flexibility index (Phi) is 8.18. The van der Waals surface area contributed by atoms with E-state index in [-0.39, 0.29) is 4.90 Å². The zero-order valence-electron chi connectivity index (χ0n) is 18.5. The van der Waals surface area contributed by atoms with Crippen molar-refractivity contribution in [1.29, 1.82) is 0 Å². The molecule has 9 heteroatoms. The molecule has 0 aliphatic carbocycles. The van der Waals surface area contributed by atoms with Crippen molar-refractivity contribution in [2.75, 3.05) is 44.0 Å². The molecule has 1 amide bonds. The van der Waals surface area contributed by atoms with E-state index in [4.69, 9.17) is 4.74 Å².